The zero-order chi connectivity index (χ0) is 21.8. The van der Waals surface area contributed by atoms with Gasteiger partial charge in [0.1, 0.15) is 22.9 Å². The fraction of sp³-hybridized carbons (Fsp3) is 0. The molecule has 0 saturated carbocycles. The number of rotatable bonds is 6. The molecule has 0 aliphatic rings. The maximum absolute atomic E-state index is 9.38. The van der Waals surface area contributed by atoms with Crippen LogP contribution in [0.1, 0.15) is 5.69 Å². The van der Waals surface area contributed by atoms with E-state index < -0.39 is 0 Å². The molecule has 0 atom stereocenters. The number of phenols is 1. The summed E-state index contributed by atoms with van der Waals surface area (Å²) in [6.07, 6.45) is 1.60. The molecule has 1 aromatic heterocycles. The summed E-state index contributed by atoms with van der Waals surface area (Å²) in [6, 6.07) is 21.4. The van der Waals surface area contributed by atoms with Crippen molar-refractivity contribution in [1.82, 2.24) is 4.98 Å². The van der Waals surface area contributed by atoms with Crippen molar-refractivity contribution in [3.05, 3.63) is 93.3 Å². The van der Waals surface area contributed by atoms with Crippen molar-refractivity contribution in [1.29, 1.82) is 5.53 Å². The summed E-state index contributed by atoms with van der Waals surface area (Å²) in [7, 11) is 0. The monoisotopic (exact) mass is 542 g/mol. The molecule has 0 unspecified atom stereocenters. The van der Waals surface area contributed by atoms with Crippen LogP contribution in [0.5, 0.6) is 17.2 Å². The van der Waals surface area contributed by atoms with E-state index in [1.807, 2.05) is 36.4 Å². The van der Waals surface area contributed by atoms with Crippen molar-refractivity contribution in [2.45, 2.75) is 0 Å². The van der Waals surface area contributed by atoms with Crippen LogP contribution in [-0.2, 0) is 0 Å². The number of aromatic nitrogens is 1. The van der Waals surface area contributed by atoms with Crippen LogP contribution in [0.3, 0.4) is 0 Å². The van der Waals surface area contributed by atoms with Crippen LogP contribution in [0.4, 0.5) is 5.69 Å². The van der Waals surface area contributed by atoms with Gasteiger partial charge in [0.15, 0.2) is 0 Å². The Labute approximate surface area is 197 Å². The third-order valence-electron chi connectivity index (χ3n) is 4.38. The second kappa shape index (κ2) is 9.32. The van der Waals surface area contributed by atoms with Gasteiger partial charge in [0.2, 0.25) is 0 Å². The molecule has 0 saturated heterocycles. The number of nitrogens with one attached hydrogen (secondary N) is 2. The molecule has 0 spiro atoms. The predicted octanol–water partition coefficient (Wildman–Crippen LogP) is 7.43. The van der Waals surface area contributed by atoms with Gasteiger partial charge >= 0.3 is 0 Å². The SMILES string of the molecule is N=N/C(=C\Nc1ccc(O)cc1)c1ccc2c(Oc3cc(Cl)cc(I)c3)cccc2n1. The van der Waals surface area contributed by atoms with Crippen LogP contribution in [-0.4, -0.2) is 10.1 Å². The van der Waals surface area contributed by atoms with E-state index in [-0.39, 0.29) is 5.75 Å². The fourth-order valence-electron chi connectivity index (χ4n) is 2.95. The summed E-state index contributed by atoms with van der Waals surface area (Å²) < 4.78 is 7.04. The molecule has 0 amide bonds. The van der Waals surface area contributed by atoms with Crippen LogP contribution < -0.4 is 10.1 Å². The lowest BCUT2D eigenvalue weighted by Crippen LogP contribution is -1.94. The van der Waals surface area contributed by atoms with Crippen molar-refractivity contribution in [2.75, 3.05) is 5.32 Å². The first-order valence-electron chi connectivity index (χ1n) is 9.19. The summed E-state index contributed by atoms with van der Waals surface area (Å²) in [6.45, 7) is 0. The minimum Gasteiger partial charge on any atom is -0.508 e. The predicted molar refractivity (Wildman–Crippen MR) is 131 cm³/mol. The van der Waals surface area contributed by atoms with E-state index in [1.54, 1.807) is 42.6 Å². The molecule has 0 aliphatic heterocycles. The summed E-state index contributed by atoms with van der Waals surface area (Å²) in [4.78, 5) is 4.64. The summed E-state index contributed by atoms with van der Waals surface area (Å²) in [5, 5.41) is 17.5. The Morgan fingerprint density at radius 3 is 2.65 bits per heavy atom. The molecule has 31 heavy (non-hydrogen) atoms. The maximum atomic E-state index is 9.38. The van der Waals surface area contributed by atoms with Gasteiger partial charge in [0.25, 0.3) is 0 Å². The van der Waals surface area contributed by atoms with Crippen molar-refractivity contribution >= 4 is 56.5 Å². The molecule has 0 bridgehead atoms. The van der Waals surface area contributed by atoms with E-state index in [2.05, 4.69) is 38.0 Å². The van der Waals surface area contributed by atoms with Gasteiger partial charge in [-0.3, -0.25) is 0 Å². The largest absolute Gasteiger partial charge is 0.508 e. The second-order valence-corrected chi connectivity index (χ2v) is 8.24. The van der Waals surface area contributed by atoms with E-state index in [0.29, 0.717) is 33.4 Å². The maximum Gasteiger partial charge on any atom is 0.136 e. The van der Waals surface area contributed by atoms with Gasteiger partial charge in [-0.2, -0.15) is 5.11 Å². The molecule has 4 rings (SSSR count). The van der Waals surface area contributed by atoms with Crippen LogP contribution in [0, 0.1) is 9.10 Å². The number of ether oxygens (including phenoxy) is 1. The van der Waals surface area contributed by atoms with Gasteiger partial charge in [-0.25, -0.2) is 10.5 Å². The number of phenolic OH excluding ortho intramolecular Hbond substituents is 1. The molecule has 3 aromatic carbocycles. The number of hydrogen-bond acceptors (Lipinski definition) is 6. The molecule has 8 heteroatoms. The molecule has 4 aromatic rings. The fourth-order valence-corrected chi connectivity index (χ4v) is 4.00. The average molecular weight is 543 g/mol. The zero-order valence-corrected chi connectivity index (χ0v) is 18.9. The highest BCUT2D eigenvalue weighted by Crippen LogP contribution is 2.32. The van der Waals surface area contributed by atoms with E-state index in [1.165, 1.54) is 0 Å². The summed E-state index contributed by atoms with van der Waals surface area (Å²) in [5.41, 5.74) is 9.92. The summed E-state index contributed by atoms with van der Waals surface area (Å²) >= 11 is 8.33. The van der Waals surface area contributed by atoms with Gasteiger partial charge in [0.05, 0.1) is 11.2 Å². The molecule has 3 N–H and O–H groups in total. The van der Waals surface area contributed by atoms with Gasteiger partial charge < -0.3 is 15.2 Å². The standard InChI is InChI=1S/C23H16ClIN4O2/c24-14-10-15(25)12-18(11-14)31-23-3-1-2-20-19(23)8-9-21(28-20)22(29-26)13-27-16-4-6-17(30)7-5-16/h1-13,26-27,30H/b22-13-,29-26?. The molecule has 154 valence electrons. The van der Waals surface area contributed by atoms with E-state index in [9.17, 15) is 5.11 Å². The van der Waals surface area contributed by atoms with Crippen molar-refractivity contribution in [2.24, 2.45) is 5.11 Å². The number of hydrogen-bond donors (Lipinski definition) is 3. The Balaban J connectivity index is 1.63. The number of aromatic hydroxyl groups is 1. The highest BCUT2D eigenvalue weighted by atomic mass is 127. The molecular formula is C23H16ClIN4O2. The van der Waals surface area contributed by atoms with Crippen LogP contribution in [0.2, 0.25) is 5.02 Å². The Hall–Kier alpha value is -3.17. The normalized spacial score (nSPS) is 11.4. The lowest BCUT2D eigenvalue weighted by Gasteiger charge is -2.10. The summed E-state index contributed by atoms with van der Waals surface area (Å²) in [5.74, 6) is 1.49. The van der Waals surface area contributed by atoms with Gasteiger partial charge in [0, 0.05) is 25.9 Å². The highest BCUT2D eigenvalue weighted by Gasteiger charge is 2.09. The quantitative estimate of drug-likeness (QED) is 0.134. The Kier molecular flexibility index (Phi) is 6.34. The van der Waals surface area contributed by atoms with Gasteiger partial charge in [-0.1, -0.05) is 17.7 Å². The van der Waals surface area contributed by atoms with Crippen molar-refractivity contribution in [3.8, 4) is 17.2 Å². The van der Waals surface area contributed by atoms with Crippen LogP contribution in [0.15, 0.2) is 84.1 Å². The van der Waals surface area contributed by atoms with Crippen molar-refractivity contribution < 1.29 is 9.84 Å². The number of benzene rings is 3. The number of halogens is 2. The number of fused-ring (bicyclic) bond motifs is 1. The number of pyridine rings is 1. The highest BCUT2D eigenvalue weighted by molar-refractivity contribution is 14.1. The molecule has 0 aliphatic carbocycles. The molecular weight excluding hydrogens is 527 g/mol. The van der Waals surface area contributed by atoms with E-state index >= 15 is 0 Å². The lowest BCUT2D eigenvalue weighted by molar-refractivity contribution is 0.475. The Morgan fingerprint density at radius 1 is 1.10 bits per heavy atom. The third-order valence-corrected chi connectivity index (χ3v) is 5.22. The van der Waals surface area contributed by atoms with Crippen LogP contribution in [0.25, 0.3) is 16.6 Å². The smallest absolute Gasteiger partial charge is 0.136 e. The lowest BCUT2D eigenvalue weighted by atomic mass is 10.1. The topological polar surface area (TPSA) is 90.6 Å². The molecule has 1 heterocycles. The van der Waals surface area contributed by atoms with Crippen LogP contribution >= 0.6 is 34.2 Å². The Morgan fingerprint density at radius 2 is 1.90 bits per heavy atom. The first-order valence-corrected chi connectivity index (χ1v) is 10.6. The molecule has 0 fully saturated rings. The first kappa shape index (κ1) is 21.1. The van der Waals surface area contributed by atoms with Gasteiger partial charge in [-0.15, -0.1) is 0 Å². The van der Waals surface area contributed by atoms with Gasteiger partial charge in [-0.05, 0) is 89.3 Å². The minimum atomic E-state index is 0.182. The third kappa shape index (κ3) is 5.12. The van der Waals surface area contributed by atoms with E-state index in [0.717, 1.165) is 14.6 Å². The van der Waals surface area contributed by atoms with Crippen molar-refractivity contribution in [3.63, 3.8) is 0 Å². The second-order valence-electron chi connectivity index (χ2n) is 6.56. The first-order chi connectivity index (χ1) is 15.0. The molecule has 6 nitrogen and oxygen atoms in total. The zero-order valence-electron chi connectivity index (χ0n) is 16.0. The average Bonchev–Trinajstić information content (AvgIpc) is 2.75. The Bertz CT molecular complexity index is 1270. The van der Waals surface area contributed by atoms with E-state index in [4.69, 9.17) is 21.9 Å². The number of anilines is 1. The molecule has 0 radical (unpaired) electrons. The number of nitrogens with zero attached hydrogens (tertiary/aromatic N) is 2. The minimum absolute atomic E-state index is 0.182.